The van der Waals surface area contributed by atoms with Crippen LogP contribution in [0.1, 0.15) is 60.8 Å². The molecule has 4 bridgehead atoms. The van der Waals surface area contributed by atoms with Gasteiger partial charge in [-0.05, 0) is 116 Å². The van der Waals surface area contributed by atoms with Crippen LogP contribution in [-0.4, -0.2) is 17.8 Å². The van der Waals surface area contributed by atoms with Gasteiger partial charge in [-0.15, -0.1) is 0 Å². The van der Waals surface area contributed by atoms with Crippen LogP contribution >= 0.6 is 23.2 Å². The fourth-order valence-corrected chi connectivity index (χ4v) is 8.74. The van der Waals surface area contributed by atoms with Gasteiger partial charge in [-0.2, -0.15) is 0 Å². The molecule has 5 aliphatic rings. The lowest BCUT2D eigenvalue weighted by Gasteiger charge is -2.57. The summed E-state index contributed by atoms with van der Waals surface area (Å²) in [5.41, 5.74) is 4.27. The molecule has 1 N–H and O–H groups in total. The third-order valence-electron chi connectivity index (χ3n) is 9.71. The number of hydrogen-bond donors (Lipinski definition) is 1. The summed E-state index contributed by atoms with van der Waals surface area (Å²) < 4.78 is 5.87. The first-order chi connectivity index (χ1) is 20.7. The van der Waals surface area contributed by atoms with Crippen molar-refractivity contribution in [2.45, 2.75) is 57.5 Å². The summed E-state index contributed by atoms with van der Waals surface area (Å²) in [7, 11) is 0. The summed E-state index contributed by atoms with van der Waals surface area (Å²) in [4.78, 5) is 40.2. The van der Waals surface area contributed by atoms with E-state index in [2.05, 4.69) is 17.4 Å². The monoisotopic (exact) mass is 614 g/mol. The molecule has 0 spiro atoms. The molecule has 4 amide bonds. The fourth-order valence-electron chi connectivity index (χ4n) is 8.13. The zero-order chi connectivity index (χ0) is 29.9. The second-order valence-corrected chi connectivity index (χ2v) is 13.6. The summed E-state index contributed by atoms with van der Waals surface area (Å²) >= 11 is 13.0. The maximum atomic E-state index is 13.6. The molecule has 4 aliphatic carbocycles. The predicted molar refractivity (Wildman–Crippen MR) is 167 cm³/mol. The molecule has 0 radical (unpaired) electrons. The van der Waals surface area contributed by atoms with Crippen molar-refractivity contribution in [1.29, 1.82) is 0 Å². The molecule has 0 atom stereocenters. The molecule has 6 nitrogen and oxygen atoms in total. The highest BCUT2D eigenvalue weighted by molar-refractivity contribution is 6.40. The first-order valence-electron chi connectivity index (χ1n) is 14.9. The van der Waals surface area contributed by atoms with Gasteiger partial charge < -0.3 is 4.74 Å². The van der Waals surface area contributed by atoms with Gasteiger partial charge in [0.05, 0.1) is 15.7 Å². The lowest BCUT2D eigenvalue weighted by Crippen LogP contribution is -2.54. The van der Waals surface area contributed by atoms with E-state index < -0.39 is 17.8 Å². The Bertz CT molecular complexity index is 1600. The van der Waals surface area contributed by atoms with Crippen molar-refractivity contribution < 1.29 is 19.1 Å². The summed E-state index contributed by atoms with van der Waals surface area (Å²) in [6, 6.07) is 18.1. The van der Waals surface area contributed by atoms with Crippen molar-refractivity contribution in [3.8, 4) is 5.75 Å². The number of nitrogens with zero attached hydrogens (tertiary/aromatic N) is 1. The number of amides is 4. The van der Waals surface area contributed by atoms with Gasteiger partial charge >= 0.3 is 6.03 Å². The average Bonchev–Trinajstić information content (AvgIpc) is 2.95. The Morgan fingerprint density at radius 3 is 2.05 bits per heavy atom. The molecule has 4 saturated carbocycles. The van der Waals surface area contributed by atoms with Crippen LogP contribution in [0.4, 0.5) is 10.5 Å². The molecule has 5 fully saturated rings. The van der Waals surface area contributed by atoms with Crippen LogP contribution in [0.25, 0.3) is 6.08 Å². The maximum absolute atomic E-state index is 13.6. The second-order valence-electron chi connectivity index (χ2n) is 12.8. The molecule has 3 aromatic rings. The lowest BCUT2D eigenvalue weighted by atomic mass is 9.48. The van der Waals surface area contributed by atoms with E-state index in [-0.39, 0.29) is 27.6 Å². The van der Waals surface area contributed by atoms with Gasteiger partial charge in [-0.1, -0.05) is 65.2 Å². The minimum absolute atomic E-state index is 0.190. The van der Waals surface area contributed by atoms with Crippen LogP contribution in [0.3, 0.4) is 0 Å². The minimum atomic E-state index is -0.775. The van der Waals surface area contributed by atoms with Crippen LogP contribution in [0.15, 0.2) is 66.2 Å². The number of ether oxygens (including phenoxy) is 1. The Labute approximate surface area is 261 Å². The Kier molecular flexibility index (Phi) is 7.10. The van der Waals surface area contributed by atoms with Crippen LogP contribution in [0.2, 0.25) is 10.0 Å². The number of barbiturate groups is 1. The molecule has 3 aromatic carbocycles. The van der Waals surface area contributed by atoms with E-state index in [0.717, 1.165) is 33.8 Å². The van der Waals surface area contributed by atoms with E-state index in [0.29, 0.717) is 17.0 Å². The number of anilines is 1. The molecule has 1 saturated heterocycles. The molecule has 220 valence electrons. The summed E-state index contributed by atoms with van der Waals surface area (Å²) in [6.45, 7) is 2.29. The molecule has 0 unspecified atom stereocenters. The normalized spacial score (nSPS) is 27.1. The number of hydrogen-bond acceptors (Lipinski definition) is 4. The Morgan fingerprint density at radius 1 is 0.884 bits per heavy atom. The van der Waals surface area contributed by atoms with E-state index in [1.165, 1.54) is 50.2 Å². The van der Waals surface area contributed by atoms with E-state index in [4.69, 9.17) is 27.9 Å². The first kappa shape index (κ1) is 28.2. The molecule has 8 heteroatoms. The van der Waals surface area contributed by atoms with Crippen molar-refractivity contribution in [3.63, 3.8) is 0 Å². The van der Waals surface area contributed by atoms with Crippen molar-refractivity contribution in [1.82, 2.24) is 5.32 Å². The largest absolute Gasteiger partial charge is 0.486 e. The quantitative estimate of drug-likeness (QED) is 0.225. The zero-order valence-electron chi connectivity index (χ0n) is 23.9. The topological polar surface area (TPSA) is 75.7 Å². The highest BCUT2D eigenvalue weighted by Crippen LogP contribution is 2.60. The standard InChI is InChI=1S/C35H32Cl2N2O4/c1-20-2-4-21(5-3-20)19-43-31-29(36)14-22(15-30(31)37)13-28-32(40)38-34(42)39(33(28)41)27-8-6-26(7-9-27)35-16-23-10-24(17-35)12-25(11-23)18-35/h2-9,13-15,23-25H,10-12,16-19H2,1H3,(H,38,40,42)/b28-13+. The average molecular weight is 616 g/mol. The van der Waals surface area contributed by atoms with E-state index in [1.807, 2.05) is 43.3 Å². The number of aryl methyl sites for hydroxylation is 1. The molecule has 8 rings (SSSR count). The van der Waals surface area contributed by atoms with Gasteiger partial charge in [0.2, 0.25) is 0 Å². The zero-order valence-corrected chi connectivity index (χ0v) is 25.4. The number of carbonyl (C=O) groups is 3. The molecule has 1 aliphatic heterocycles. The highest BCUT2D eigenvalue weighted by Gasteiger charge is 2.51. The van der Waals surface area contributed by atoms with Crippen molar-refractivity contribution in [3.05, 3.63) is 98.5 Å². The lowest BCUT2D eigenvalue weighted by molar-refractivity contribution is -0.122. The summed E-state index contributed by atoms with van der Waals surface area (Å²) in [5.74, 6) is 1.27. The van der Waals surface area contributed by atoms with E-state index in [9.17, 15) is 14.4 Å². The van der Waals surface area contributed by atoms with Gasteiger partial charge in [0.1, 0.15) is 12.2 Å². The predicted octanol–water partition coefficient (Wildman–Crippen LogP) is 8.02. The highest BCUT2D eigenvalue weighted by atomic mass is 35.5. The molecular formula is C35H32Cl2N2O4. The molecular weight excluding hydrogens is 583 g/mol. The van der Waals surface area contributed by atoms with Crippen LogP contribution in [0.5, 0.6) is 5.75 Å². The smallest absolute Gasteiger partial charge is 0.335 e. The van der Waals surface area contributed by atoms with E-state index in [1.54, 1.807) is 12.1 Å². The second kappa shape index (κ2) is 10.8. The van der Waals surface area contributed by atoms with Crippen LogP contribution in [-0.2, 0) is 21.6 Å². The summed E-state index contributed by atoms with van der Waals surface area (Å²) in [5, 5.41) is 2.78. The first-order valence-corrected chi connectivity index (χ1v) is 15.6. The number of rotatable bonds is 6. The number of benzene rings is 3. The Hall–Kier alpha value is -3.61. The fraction of sp³-hybridized carbons (Fsp3) is 0.343. The van der Waals surface area contributed by atoms with E-state index >= 15 is 0 Å². The van der Waals surface area contributed by atoms with Crippen molar-refractivity contribution in [2.75, 3.05) is 4.90 Å². The minimum Gasteiger partial charge on any atom is -0.486 e. The molecule has 0 aromatic heterocycles. The van der Waals surface area contributed by atoms with Crippen molar-refractivity contribution >= 4 is 52.8 Å². The SMILES string of the molecule is Cc1ccc(COc2c(Cl)cc(/C=C3\C(=O)NC(=O)N(c4ccc(C56CC7CC(CC(C7)C5)C6)cc4)C3=O)cc2Cl)cc1. The van der Waals surface area contributed by atoms with Gasteiger partial charge in [-0.25, -0.2) is 9.69 Å². The molecule has 43 heavy (non-hydrogen) atoms. The van der Waals surface area contributed by atoms with Crippen LogP contribution in [0, 0.1) is 24.7 Å². The summed E-state index contributed by atoms with van der Waals surface area (Å²) in [6.07, 6.45) is 9.16. The van der Waals surface area contributed by atoms with Gasteiger partial charge in [0.15, 0.2) is 5.75 Å². The number of urea groups is 1. The molecule has 1 heterocycles. The Balaban J connectivity index is 1.11. The number of halogens is 2. The van der Waals surface area contributed by atoms with Gasteiger partial charge in [0.25, 0.3) is 11.8 Å². The number of imide groups is 2. The van der Waals surface area contributed by atoms with Gasteiger partial charge in [-0.3, -0.25) is 14.9 Å². The number of carbonyl (C=O) groups excluding carboxylic acids is 3. The third-order valence-corrected chi connectivity index (χ3v) is 10.3. The number of nitrogens with one attached hydrogen (secondary N) is 1. The van der Waals surface area contributed by atoms with Crippen LogP contribution < -0.4 is 15.0 Å². The third kappa shape index (κ3) is 5.25. The maximum Gasteiger partial charge on any atom is 0.335 e. The Morgan fingerprint density at radius 2 is 1.47 bits per heavy atom. The van der Waals surface area contributed by atoms with Crippen molar-refractivity contribution in [2.24, 2.45) is 17.8 Å². The van der Waals surface area contributed by atoms with Gasteiger partial charge in [0, 0.05) is 0 Å².